The minimum Gasteiger partial charge on any atom is -0.445 e. The van der Waals surface area contributed by atoms with E-state index in [0.717, 1.165) is 5.56 Å². The van der Waals surface area contributed by atoms with Crippen LogP contribution in [0.3, 0.4) is 0 Å². The van der Waals surface area contributed by atoms with Crippen molar-refractivity contribution in [2.75, 3.05) is 0 Å². The molecule has 0 heterocycles. The minimum atomic E-state index is -1.29. The molecule has 0 saturated heterocycles. The second-order valence-corrected chi connectivity index (χ2v) is 7.47. The number of imide groups is 1. The first-order valence-corrected chi connectivity index (χ1v) is 10.1. The lowest BCUT2D eigenvalue weighted by Gasteiger charge is -2.21. The summed E-state index contributed by atoms with van der Waals surface area (Å²) in [5, 5.41) is 2.49. The van der Waals surface area contributed by atoms with Crippen LogP contribution in [0.25, 0.3) is 0 Å². The van der Waals surface area contributed by atoms with Crippen LogP contribution in [0.2, 0.25) is 0 Å². The second-order valence-electron chi connectivity index (χ2n) is 7.47. The van der Waals surface area contributed by atoms with Gasteiger partial charge >= 0.3 is 18.1 Å². The van der Waals surface area contributed by atoms with Crippen molar-refractivity contribution in [1.29, 1.82) is 0 Å². The fraction of sp³-hybridized carbons (Fsp3) is 0.304. The van der Waals surface area contributed by atoms with E-state index in [-0.39, 0.29) is 30.6 Å². The Labute approximate surface area is 186 Å². The molecular formula is C23H27N3O6. The Kier molecular flexibility index (Phi) is 9.37. The van der Waals surface area contributed by atoms with Crippen LogP contribution in [-0.2, 0) is 32.3 Å². The van der Waals surface area contributed by atoms with Gasteiger partial charge in [0.1, 0.15) is 19.3 Å². The summed E-state index contributed by atoms with van der Waals surface area (Å²) in [4.78, 5) is 49.3. The molecule has 0 aliphatic rings. The number of Topliss-reactive ketones (excluding diaryl/α,β-unsaturated/α-hetero) is 1. The third kappa shape index (κ3) is 7.84. The van der Waals surface area contributed by atoms with Crippen LogP contribution in [0.5, 0.6) is 0 Å². The molecule has 1 atom stereocenters. The molecule has 9 heteroatoms. The zero-order chi connectivity index (χ0) is 23.5. The Morgan fingerprint density at radius 1 is 0.875 bits per heavy atom. The molecule has 0 spiro atoms. The lowest BCUT2D eigenvalue weighted by Crippen LogP contribution is -2.53. The minimum absolute atomic E-state index is 0.00195. The summed E-state index contributed by atoms with van der Waals surface area (Å²) in [6, 6.07) is 16.6. The molecule has 0 aromatic heterocycles. The number of rotatable bonds is 9. The number of hydrogen-bond donors (Lipinski definition) is 2. The highest BCUT2D eigenvalue weighted by Crippen LogP contribution is 2.09. The number of ketones is 1. The van der Waals surface area contributed by atoms with Crippen molar-refractivity contribution in [3.63, 3.8) is 0 Å². The van der Waals surface area contributed by atoms with Gasteiger partial charge in [0, 0.05) is 0 Å². The van der Waals surface area contributed by atoms with Gasteiger partial charge in [0.15, 0.2) is 0 Å². The highest BCUT2D eigenvalue weighted by molar-refractivity contribution is 6.40. The van der Waals surface area contributed by atoms with E-state index in [1.807, 2.05) is 19.9 Å². The Morgan fingerprint density at radius 2 is 1.38 bits per heavy atom. The van der Waals surface area contributed by atoms with Crippen molar-refractivity contribution in [2.24, 2.45) is 11.8 Å². The molecule has 3 amide bonds. The SMILES string of the molecule is CC(C)C[C@H](NC(=O)OCc1ccccc1)C(=O)C(=O)N(N)C(=O)OCc1ccccc1. The maximum absolute atomic E-state index is 12.7. The number of hydrogen-bond acceptors (Lipinski definition) is 7. The van der Waals surface area contributed by atoms with Crippen LogP contribution in [0.15, 0.2) is 60.7 Å². The highest BCUT2D eigenvalue weighted by Gasteiger charge is 2.33. The first-order valence-electron chi connectivity index (χ1n) is 10.1. The standard InChI is InChI=1S/C23H27N3O6/c1-16(2)13-19(25-22(29)31-14-17-9-5-3-6-10-17)20(27)21(28)26(24)23(30)32-15-18-11-7-4-8-12-18/h3-12,16,19H,13-15,24H2,1-2H3,(H,25,29)/t19-/m0/s1. The van der Waals surface area contributed by atoms with Gasteiger partial charge in [0.2, 0.25) is 5.78 Å². The van der Waals surface area contributed by atoms with E-state index in [4.69, 9.17) is 15.3 Å². The number of carbonyl (C=O) groups is 4. The number of alkyl carbamates (subject to hydrolysis) is 1. The number of benzene rings is 2. The van der Waals surface area contributed by atoms with Gasteiger partial charge in [-0.05, 0) is 23.5 Å². The van der Waals surface area contributed by atoms with Crippen molar-refractivity contribution < 1.29 is 28.7 Å². The fourth-order valence-corrected chi connectivity index (χ4v) is 2.75. The molecule has 170 valence electrons. The topological polar surface area (TPSA) is 128 Å². The highest BCUT2D eigenvalue weighted by atomic mass is 16.6. The van der Waals surface area contributed by atoms with Crippen molar-refractivity contribution in [2.45, 2.75) is 39.5 Å². The summed E-state index contributed by atoms with van der Waals surface area (Å²) >= 11 is 0. The molecule has 0 aliphatic carbocycles. The summed E-state index contributed by atoms with van der Waals surface area (Å²) in [5.74, 6) is 3.12. The number of nitrogens with two attached hydrogens (primary N) is 1. The molecule has 2 aromatic carbocycles. The Balaban J connectivity index is 1.94. The third-order valence-corrected chi connectivity index (χ3v) is 4.36. The number of hydrazine groups is 1. The number of carbonyl (C=O) groups excluding carboxylic acids is 4. The predicted octanol–water partition coefficient (Wildman–Crippen LogP) is 2.94. The van der Waals surface area contributed by atoms with Crippen LogP contribution >= 0.6 is 0 Å². The Morgan fingerprint density at radius 3 is 1.88 bits per heavy atom. The Bertz CT molecular complexity index is 918. The van der Waals surface area contributed by atoms with E-state index in [2.05, 4.69) is 5.32 Å². The van der Waals surface area contributed by atoms with Crippen LogP contribution in [-0.4, -0.2) is 34.9 Å². The molecule has 0 fully saturated rings. The summed E-state index contributed by atoms with van der Waals surface area (Å²) in [7, 11) is 0. The van der Waals surface area contributed by atoms with Gasteiger partial charge in [0.25, 0.3) is 0 Å². The number of nitrogens with zero attached hydrogens (tertiary/aromatic N) is 1. The molecule has 0 unspecified atom stereocenters. The Hall–Kier alpha value is -3.72. The summed E-state index contributed by atoms with van der Waals surface area (Å²) < 4.78 is 10.1. The lowest BCUT2D eigenvalue weighted by molar-refractivity contribution is -0.145. The van der Waals surface area contributed by atoms with Gasteiger partial charge in [-0.3, -0.25) is 9.59 Å². The average Bonchev–Trinajstić information content (AvgIpc) is 2.80. The van der Waals surface area contributed by atoms with Gasteiger partial charge in [-0.1, -0.05) is 74.5 Å². The summed E-state index contributed by atoms with van der Waals surface area (Å²) in [6.45, 7) is 3.51. The van der Waals surface area contributed by atoms with E-state index in [1.54, 1.807) is 54.6 Å². The third-order valence-electron chi connectivity index (χ3n) is 4.36. The average molecular weight is 441 g/mol. The molecule has 0 aliphatic heterocycles. The lowest BCUT2D eigenvalue weighted by atomic mass is 10.00. The molecule has 32 heavy (non-hydrogen) atoms. The van der Waals surface area contributed by atoms with Gasteiger partial charge in [-0.15, -0.1) is 0 Å². The van der Waals surface area contributed by atoms with Gasteiger partial charge in [-0.2, -0.15) is 5.01 Å². The molecular weight excluding hydrogens is 414 g/mol. The molecule has 3 N–H and O–H groups in total. The predicted molar refractivity (Wildman–Crippen MR) is 116 cm³/mol. The summed E-state index contributed by atoms with van der Waals surface area (Å²) in [6.07, 6.45) is -1.89. The maximum atomic E-state index is 12.7. The van der Waals surface area contributed by atoms with Crippen LogP contribution in [0, 0.1) is 5.92 Å². The smallest absolute Gasteiger partial charge is 0.432 e. The van der Waals surface area contributed by atoms with E-state index in [9.17, 15) is 19.2 Å². The first kappa shape index (κ1) is 24.5. The van der Waals surface area contributed by atoms with Crippen molar-refractivity contribution in [3.8, 4) is 0 Å². The number of amides is 3. The normalized spacial score (nSPS) is 11.4. The molecule has 9 nitrogen and oxygen atoms in total. The molecule has 2 aromatic rings. The van der Waals surface area contributed by atoms with Crippen LogP contribution < -0.4 is 11.2 Å². The van der Waals surface area contributed by atoms with Crippen LogP contribution in [0.1, 0.15) is 31.4 Å². The molecule has 0 bridgehead atoms. The van der Waals surface area contributed by atoms with Gasteiger partial charge in [0.05, 0.1) is 0 Å². The number of ether oxygens (including phenoxy) is 2. The van der Waals surface area contributed by atoms with Gasteiger partial charge < -0.3 is 14.8 Å². The molecule has 2 rings (SSSR count). The molecule has 0 saturated carbocycles. The zero-order valence-electron chi connectivity index (χ0n) is 18.0. The van der Waals surface area contributed by atoms with Gasteiger partial charge in [-0.25, -0.2) is 15.4 Å². The van der Waals surface area contributed by atoms with E-state index in [1.165, 1.54) is 0 Å². The summed E-state index contributed by atoms with van der Waals surface area (Å²) in [5.41, 5.74) is 1.45. The zero-order valence-corrected chi connectivity index (χ0v) is 18.0. The maximum Gasteiger partial charge on any atom is 0.432 e. The quantitative estimate of drug-likeness (QED) is 0.265. The van der Waals surface area contributed by atoms with E-state index < -0.39 is 29.9 Å². The number of nitrogens with one attached hydrogen (secondary N) is 1. The van der Waals surface area contributed by atoms with E-state index >= 15 is 0 Å². The second kappa shape index (κ2) is 12.2. The van der Waals surface area contributed by atoms with Crippen LogP contribution in [0.4, 0.5) is 9.59 Å². The van der Waals surface area contributed by atoms with Crippen molar-refractivity contribution >= 4 is 23.9 Å². The molecule has 0 radical (unpaired) electrons. The van der Waals surface area contributed by atoms with E-state index in [0.29, 0.717) is 5.56 Å². The largest absolute Gasteiger partial charge is 0.445 e. The van der Waals surface area contributed by atoms with Crippen molar-refractivity contribution in [3.05, 3.63) is 71.8 Å². The monoisotopic (exact) mass is 441 g/mol. The first-order chi connectivity index (χ1) is 15.3. The van der Waals surface area contributed by atoms with Crippen molar-refractivity contribution in [1.82, 2.24) is 10.3 Å². The fourth-order valence-electron chi connectivity index (χ4n) is 2.75.